The fourth-order valence-electron chi connectivity index (χ4n) is 2.13. The standard InChI is InChI=1S/C15H24BrNO/c1-4-6-7-8-14(17-3)13-11-12(16)9-10-15(13)18-5-2/h9-11,14,17H,4-8H2,1-3H3. The highest BCUT2D eigenvalue weighted by Crippen LogP contribution is 2.31. The Labute approximate surface area is 119 Å². The van der Waals surface area contributed by atoms with E-state index in [0.717, 1.165) is 16.6 Å². The minimum absolute atomic E-state index is 0.371. The molecule has 0 heterocycles. The molecule has 1 N–H and O–H groups in total. The molecule has 0 aliphatic heterocycles. The number of hydrogen-bond donors (Lipinski definition) is 1. The van der Waals surface area contributed by atoms with Crippen LogP contribution in [0.1, 0.15) is 51.1 Å². The summed E-state index contributed by atoms with van der Waals surface area (Å²) in [5.74, 6) is 0.997. The average Bonchev–Trinajstić information content (AvgIpc) is 2.37. The Morgan fingerprint density at radius 1 is 1.28 bits per heavy atom. The van der Waals surface area contributed by atoms with Crippen molar-refractivity contribution in [3.05, 3.63) is 28.2 Å². The van der Waals surface area contributed by atoms with Crippen LogP contribution in [-0.2, 0) is 0 Å². The van der Waals surface area contributed by atoms with Gasteiger partial charge in [-0.2, -0.15) is 0 Å². The minimum Gasteiger partial charge on any atom is -0.494 e. The largest absolute Gasteiger partial charge is 0.494 e. The molecule has 0 aliphatic rings. The molecule has 1 aromatic carbocycles. The van der Waals surface area contributed by atoms with E-state index in [0.29, 0.717) is 12.6 Å². The van der Waals surface area contributed by atoms with E-state index in [-0.39, 0.29) is 0 Å². The second-order valence-corrected chi connectivity index (χ2v) is 5.37. The summed E-state index contributed by atoms with van der Waals surface area (Å²) in [6, 6.07) is 6.62. The first-order valence-electron chi connectivity index (χ1n) is 6.82. The summed E-state index contributed by atoms with van der Waals surface area (Å²) in [6.45, 7) is 4.97. The van der Waals surface area contributed by atoms with Gasteiger partial charge in [-0.25, -0.2) is 0 Å². The number of unbranched alkanes of at least 4 members (excludes halogenated alkanes) is 2. The maximum absolute atomic E-state index is 5.72. The number of benzene rings is 1. The molecule has 102 valence electrons. The zero-order valence-corrected chi connectivity index (χ0v) is 13.2. The van der Waals surface area contributed by atoms with Gasteiger partial charge in [0.05, 0.1) is 6.61 Å². The number of nitrogens with one attached hydrogen (secondary N) is 1. The third kappa shape index (κ3) is 4.62. The fraction of sp³-hybridized carbons (Fsp3) is 0.600. The molecule has 0 fully saturated rings. The Bertz CT molecular complexity index is 354. The highest BCUT2D eigenvalue weighted by molar-refractivity contribution is 9.10. The Kier molecular flexibility index (Phi) is 7.36. The van der Waals surface area contributed by atoms with Gasteiger partial charge in [-0.15, -0.1) is 0 Å². The molecule has 0 bridgehead atoms. The third-order valence-electron chi connectivity index (χ3n) is 3.09. The van der Waals surface area contributed by atoms with Gasteiger partial charge >= 0.3 is 0 Å². The van der Waals surface area contributed by atoms with Crippen molar-refractivity contribution in [1.82, 2.24) is 5.32 Å². The lowest BCUT2D eigenvalue weighted by molar-refractivity contribution is 0.330. The minimum atomic E-state index is 0.371. The van der Waals surface area contributed by atoms with Crippen LogP contribution in [0, 0.1) is 0 Å². The van der Waals surface area contributed by atoms with Gasteiger partial charge in [-0.1, -0.05) is 42.1 Å². The van der Waals surface area contributed by atoms with E-state index in [1.165, 1.54) is 24.8 Å². The summed E-state index contributed by atoms with van der Waals surface area (Å²) >= 11 is 3.54. The van der Waals surface area contributed by atoms with Gasteiger partial charge in [0.25, 0.3) is 0 Å². The Morgan fingerprint density at radius 3 is 2.67 bits per heavy atom. The van der Waals surface area contributed by atoms with Gasteiger partial charge in [0.1, 0.15) is 5.75 Å². The monoisotopic (exact) mass is 313 g/mol. The summed E-state index contributed by atoms with van der Waals surface area (Å²) < 4.78 is 6.83. The van der Waals surface area contributed by atoms with Crippen LogP contribution in [0.25, 0.3) is 0 Å². The van der Waals surface area contributed by atoms with Crippen molar-refractivity contribution in [3.63, 3.8) is 0 Å². The van der Waals surface area contributed by atoms with Crippen LogP contribution in [0.4, 0.5) is 0 Å². The number of rotatable bonds is 8. The molecule has 1 aromatic rings. The molecule has 18 heavy (non-hydrogen) atoms. The van der Waals surface area contributed by atoms with Crippen LogP contribution in [0.3, 0.4) is 0 Å². The summed E-state index contributed by atoms with van der Waals surface area (Å²) in [7, 11) is 2.02. The topological polar surface area (TPSA) is 21.3 Å². The van der Waals surface area contributed by atoms with Crippen LogP contribution in [0.5, 0.6) is 5.75 Å². The van der Waals surface area contributed by atoms with Gasteiger partial charge in [-0.3, -0.25) is 0 Å². The lowest BCUT2D eigenvalue weighted by Crippen LogP contribution is -2.17. The van der Waals surface area contributed by atoms with Crippen LogP contribution < -0.4 is 10.1 Å². The summed E-state index contributed by atoms with van der Waals surface area (Å²) in [5, 5.41) is 3.40. The van der Waals surface area contributed by atoms with E-state index >= 15 is 0 Å². The molecule has 0 saturated heterocycles. The predicted octanol–water partition coefficient (Wildman–Crippen LogP) is 4.69. The van der Waals surface area contributed by atoms with Crippen LogP contribution in [0.15, 0.2) is 22.7 Å². The molecule has 0 aromatic heterocycles. The molecule has 2 nitrogen and oxygen atoms in total. The molecule has 0 saturated carbocycles. The van der Waals surface area contributed by atoms with Gasteiger partial charge < -0.3 is 10.1 Å². The van der Waals surface area contributed by atoms with Gasteiger partial charge in [-0.05, 0) is 38.6 Å². The molecule has 0 radical (unpaired) electrons. The van der Waals surface area contributed by atoms with E-state index in [4.69, 9.17) is 4.74 Å². The van der Waals surface area contributed by atoms with Gasteiger partial charge in [0, 0.05) is 16.1 Å². The predicted molar refractivity (Wildman–Crippen MR) is 81.3 cm³/mol. The molecule has 0 aliphatic carbocycles. The van der Waals surface area contributed by atoms with Crippen LogP contribution >= 0.6 is 15.9 Å². The van der Waals surface area contributed by atoms with E-state index < -0.39 is 0 Å². The normalized spacial score (nSPS) is 12.4. The highest BCUT2D eigenvalue weighted by Gasteiger charge is 2.14. The number of halogens is 1. The Balaban J connectivity index is 2.84. The molecule has 0 spiro atoms. The Hall–Kier alpha value is -0.540. The molecule has 0 amide bonds. The maximum atomic E-state index is 5.72. The first-order valence-corrected chi connectivity index (χ1v) is 7.61. The molecule has 1 atom stereocenters. The molecule has 3 heteroatoms. The smallest absolute Gasteiger partial charge is 0.124 e. The quantitative estimate of drug-likeness (QED) is 0.703. The van der Waals surface area contributed by atoms with Gasteiger partial charge in [0.15, 0.2) is 0 Å². The molecular weight excluding hydrogens is 290 g/mol. The molecule has 1 rings (SSSR count). The average molecular weight is 314 g/mol. The third-order valence-corrected chi connectivity index (χ3v) is 3.59. The summed E-state index contributed by atoms with van der Waals surface area (Å²) in [6.07, 6.45) is 4.95. The number of hydrogen-bond acceptors (Lipinski definition) is 2. The van der Waals surface area contributed by atoms with Crippen molar-refractivity contribution >= 4 is 15.9 Å². The zero-order valence-electron chi connectivity index (χ0n) is 11.6. The fourth-order valence-corrected chi connectivity index (χ4v) is 2.51. The van der Waals surface area contributed by atoms with Crippen LogP contribution in [0.2, 0.25) is 0 Å². The van der Waals surface area contributed by atoms with Crippen molar-refractivity contribution in [2.75, 3.05) is 13.7 Å². The second-order valence-electron chi connectivity index (χ2n) is 4.45. The van der Waals surface area contributed by atoms with E-state index in [2.05, 4.69) is 34.2 Å². The van der Waals surface area contributed by atoms with Crippen LogP contribution in [-0.4, -0.2) is 13.7 Å². The highest BCUT2D eigenvalue weighted by atomic mass is 79.9. The van der Waals surface area contributed by atoms with E-state index in [9.17, 15) is 0 Å². The summed E-state index contributed by atoms with van der Waals surface area (Å²) in [4.78, 5) is 0. The van der Waals surface area contributed by atoms with E-state index in [1.54, 1.807) is 0 Å². The maximum Gasteiger partial charge on any atom is 0.124 e. The van der Waals surface area contributed by atoms with Crippen molar-refractivity contribution < 1.29 is 4.74 Å². The molecule has 1 unspecified atom stereocenters. The molecular formula is C15H24BrNO. The van der Waals surface area contributed by atoms with Crippen molar-refractivity contribution in [3.8, 4) is 5.75 Å². The number of ether oxygens (including phenoxy) is 1. The van der Waals surface area contributed by atoms with Crippen molar-refractivity contribution in [2.24, 2.45) is 0 Å². The van der Waals surface area contributed by atoms with Crippen molar-refractivity contribution in [1.29, 1.82) is 0 Å². The first kappa shape index (κ1) is 15.5. The summed E-state index contributed by atoms with van der Waals surface area (Å²) in [5.41, 5.74) is 1.25. The SMILES string of the molecule is CCCCCC(NC)c1cc(Br)ccc1OCC. The van der Waals surface area contributed by atoms with Gasteiger partial charge in [0.2, 0.25) is 0 Å². The Morgan fingerprint density at radius 2 is 2.06 bits per heavy atom. The zero-order chi connectivity index (χ0) is 13.4. The lowest BCUT2D eigenvalue weighted by atomic mass is 9.99. The first-order chi connectivity index (χ1) is 8.72. The van der Waals surface area contributed by atoms with Crippen molar-refractivity contribution in [2.45, 2.75) is 45.6 Å². The van der Waals surface area contributed by atoms with E-state index in [1.807, 2.05) is 26.1 Å². The lowest BCUT2D eigenvalue weighted by Gasteiger charge is -2.20. The second kappa shape index (κ2) is 8.54.